The first-order valence-electron chi connectivity index (χ1n) is 9.51. The first-order chi connectivity index (χ1) is 13.5. The second-order valence-electron chi connectivity index (χ2n) is 7.00. The zero-order valence-electron chi connectivity index (χ0n) is 16.1. The Kier molecular flexibility index (Phi) is 9.13. The Morgan fingerprint density at radius 3 is 2.57 bits per heavy atom. The number of hydrogen-bond donors (Lipinski definition) is 2. The smallest absolute Gasteiger partial charge is 0.408 e. The number of aliphatic carboxylic acids is 1. The number of carbonyl (C=O) groups is 3. The van der Waals surface area contributed by atoms with Gasteiger partial charge in [-0.25, -0.2) is 9.59 Å². The molecule has 2 N–H and O–H groups in total. The number of carbonyl (C=O) groups excluding carboxylic acids is 2. The van der Waals surface area contributed by atoms with E-state index in [1.54, 1.807) is 0 Å². The van der Waals surface area contributed by atoms with Crippen molar-refractivity contribution in [2.24, 2.45) is 5.92 Å². The molecule has 0 saturated carbocycles. The van der Waals surface area contributed by atoms with Crippen molar-refractivity contribution in [2.45, 2.75) is 38.8 Å². The second-order valence-corrected chi connectivity index (χ2v) is 8.11. The number of amides is 2. The molecule has 1 fully saturated rings. The molecule has 1 aromatic carbocycles. The van der Waals surface area contributed by atoms with E-state index in [1.807, 2.05) is 35.2 Å². The molecule has 2 rings (SSSR count). The third kappa shape index (κ3) is 7.80. The topological polar surface area (TPSA) is 95.9 Å². The van der Waals surface area contributed by atoms with Gasteiger partial charge in [-0.2, -0.15) is 11.8 Å². The molecule has 1 aromatic rings. The minimum atomic E-state index is -1.12. The van der Waals surface area contributed by atoms with Crippen LogP contribution in [0.15, 0.2) is 30.3 Å². The molecule has 8 heteroatoms. The first-order valence-corrected chi connectivity index (χ1v) is 10.7. The van der Waals surface area contributed by atoms with Gasteiger partial charge in [-0.1, -0.05) is 37.3 Å². The maximum Gasteiger partial charge on any atom is 0.408 e. The predicted octanol–water partition coefficient (Wildman–Crippen LogP) is 2.75. The van der Waals surface area contributed by atoms with Gasteiger partial charge in [-0.15, -0.1) is 0 Å². The maximum absolute atomic E-state index is 12.2. The van der Waals surface area contributed by atoms with E-state index in [0.29, 0.717) is 17.4 Å². The quantitative estimate of drug-likeness (QED) is 0.610. The molecule has 0 radical (unpaired) electrons. The van der Waals surface area contributed by atoms with Crippen molar-refractivity contribution >= 4 is 29.7 Å². The summed E-state index contributed by atoms with van der Waals surface area (Å²) in [7, 11) is 0. The van der Waals surface area contributed by atoms with E-state index in [-0.39, 0.29) is 18.9 Å². The van der Waals surface area contributed by atoms with Crippen LogP contribution in [0, 0.1) is 5.92 Å². The van der Waals surface area contributed by atoms with Crippen molar-refractivity contribution in [3.63, 3.8) is 0 Å². The van der Waals surface area contributed by atoms with Gasteiger partial charge in [0.1, 0.15) is 12.6 Å². The van der Waals surface area contributed by atoms with Crippen LogP contribution in [0.1, 0.15) is 31.7 Å². The molecule has 2 amide bonds. The highest BCUT2D eigenvalue weighted by molar-refractivity contribution is 7.99. The number of alkyl carbamates (subject to hydrolysis) is 1. The van der Waals surface area contributed by atoms with E-state index in [0.717, 1.165) is 31.5 Å². The van der Waals surface area contributed by atoms with E-state index in [9.17, 15) is 19.5 Å². The number of hydrogen-bond acceptors (Lipinski definition) is 5. The zero-order chi connectivity index (χ0) is 20.4. The highest BCUT2D eigenvalue weighted by Crippen LogP contribution is 2.17. The van der Waals surface area contributed by atoms with Gasteiger partial charge in [0.05, 0.1) is 5.75 Å². The van der Waals surface area contributed by atoms with Gasteiger partial charge in [0, 0.05) is 13.1 Å². The fourth-order valence-corrected chi connectivity index (χ4v) is 3.78. The lowest BCUT2D eigenvalue weighted by Gasteiger charge is -2.30. The number of piperidine rings is 1. The summed E-state index contributed by atoms with van der Waals surface area (Å²) in [4.78, 5) is 37.3. The van der Waals surface area contributed by atoms with Crippen LogP contribution in [0.3, 0.4) is 0 Å². The average Bonchev–Trinajstić information content (AvgIpc) is 2.69. The van der Waals surface area contributed by atoms with Crippen molar-refractivity contribution < 1.29 is 24.2 Å². The van der Waals surface area contributed by atoms with Crippen molar-refractivity contribution in [1.29, 1.82) is 0 Å². The van der Waals surface area contributed by atoms with Crippen molar-refractivity contribution in [3.05, 3.63) is 35.9 Å². The molecule has 1 heterocycles. The Hall–Kier alpha value is -2.22. The number of nitrogens with zero attached hydrogens (tertiary/aromatic N) is 1. The number of thioether (sulfide) groups is 1. The molecule has 0 aliphatic carbocycles. The van der Waals surface area contributed by atoms with Crippen molar-refractivity contribution in [1.82, 2.24) is 10.2 Å². The van der Waals surface area contributed by atoms with Crippen molar-refractivity contribution in [2.75, 3.05) is 24.6 Å². The number of likely N-dealkylation sites (tertiary alicyclic amines) is 1. The number of nitrogens with one attached hydrogen (secondary N) is 1. The Balaban J connectivity index is 1.65. The molecule has 154 valence electrons. The Morgan fingerprint density at radius 1 is 1.25 bits per heavy atom. The molecule has 1 saturated heterocycles. The number of carboxylic acids is 1. The van der Waals surface area contributed by atoms with Crippen LogP contribution < -0.4 is 5.32 Å². The van der Waals surface area contributed by atoms with E-state index in [1.165, 1.54) is 11.8 Å². The maximum atomic E-state index is 12.2. The Morgan fingerprint density at radius 2 is 1.93 bits per heavy atom. The number of benzene rings is 1. The van der Waals surface area contributed by atoms with Crippen LogP contribution in [-0.2, 0) is 20.9 Å². The number of rotatable bonds is 9. The summed E-state index contributed by atoms with van der Waals surface area (Å²) < 4.78 is 5.06. The summed E-state index contributed by atoms with van der Waals surface area (Å²) in [6, 6.07) is 8.12. The lowest BCUT2D eigenvalue weighted by molar-refractivity contribution is -0.139. The minimum absolute atomic E-state index is 0.0801. The molecule has 0 bridgehead atoms. The molecule has 1 aliphatic heterocycles. The van der Waals surface area contributed by atoms with Gasteiger partial charge in [0.25, 0.3) is 0 Å². The SMILES string of the molecule is CC1CCN(C(=O)CSCCC(NC(=O)OCc2ccccc2)C(=O)O)CC1. The summed E-state index contributed by atoms with van der Waals surface area (Å²) in [5, 5.41) is 11.7. The van der Waals surface area contributed by atoms with E-state index in [4.69, 9.17) is 4.74 Å². The van der Waals surface area contributed by atoms with Gasteiger partial charge >= 0.3 is 12.1 Å². The molecule has 1 unspecified atom stereocenters. The lowest BCUT2D eigenvalue weighted by atomic mass is 9.99. The zero-order valence-corrected chi connectivity index (χ0v) is 17.0. The predicted molar refractivity (Wildman–Crippen MR) is 108 cm³/mol. The van der Waals surface area contributed by atoms with Crippen LogP contribution in [-0.4, -0.2) is 58.6 Å². The molecular weight excluding hydrogens is 380 g/mol. The summed E-state index contributed by atoms with van der Waals surface area (Å²) in [5.74, 6) is 0.443. The molecule has 1 aliphatic rings. The van der Waals surface area contributed by atoms with Gasteiger partial charge in [-0.3, -0.25) is 4.79 Å². The van der Waals surface area contributed by atoms with E-state index >= 15 is 0 Å². The minimum Gasteiger partial charge on any atom is -0.480 e. The van der Waals surface area contributed by atoms with Crippen LogP contribution in [0.2, 0.25) is 0 Å². The van der Waals surface area contributed by atoms with Gasteiger partial charge in [-0.05, 0) is 36.5 Å². The van der Waals surface area contributed by atoms with Crippen LogP contribution in [0.5, 0.6) is 0 Å². The fourth-order valence-electron chi connectivity index (χ4n) is 2.87. The Bertz CT molecular complexity index is 647. The monoisotopic (exact) mass is 408 g/mol. The third-order valence-corrected chi connectivity index (χ3v) is 5.69. The summed E-state index contributed by atoms with van der Waals surface area (Å²) >= 11 is 1.39. The van der Waals surface area contributed by atoms with Crippen molar-refractivity contribution in [3.8, 4) is 0 Å². The Labute approximate surface area is 169 Å². The number of carboxylic acid groups (broad SMARTS) is 1. The van der Waals surface area contributed by atoms with E-state index in [2.05, 4.69) is 12.2 Å². The first kappa shape index (κ1) is 22.1. The van der Waals surface area contributed by atoms with Gasteiger partial charge in [0.15, 0.2) is 0 Å². The molecule has 0 aromatic heterocycles. The van der Waals surface area contributed by atoms with Crippen LogP contribution in [0.4, 0.5) is 4.79 Å². The van der Waals surface area contributed by atoms with E-state index < -0.39 is 18.1 Å². The third-order valence-electron chi connectivity index (χ3n) is 4.72. The largest absolute Gasteiger partial charge is 0.480 e. The van der Waals surface area contributed by atoms with Gasteiger partial charge in [0.2, 0.25) is 5.91 Å². The number of ether oxygens (including phenoxy) is 1. The molecule has 7 nitrogen and oxygen atoms in total. The second kappa shape index (κ2) is 11.6. The lowest BCUT2D eigenvalue weighted by Crippen LogP contribution is -2.41. The fraction of sp³-hybridized carbons (Fsp3) is 0.550. The summed E-state index contributed by atoms with van der Waals surface area (Å²) in [6.07, 6.45) is 1.53. The standard InChI is InChI=1S/C20H28N2O5S/c1-15-7-10-22(11-8-15)18(23)14-28-12-9-17(19(24)25)21-20(26)27-13-16-5-3-2-4-6-16/h2-6,15,17H,7-14H2,1H3,(H,21,26)(H,24,25). The van der Waals surface area contributed by atoms with Crippen LogP contribution in [0.25, 0.3) is 0 Å². The molecular formula is C20H28N2O5S. The van der Waals surface area contributed by atoms with Crippen LogP contribution >= 0.6 is 11.8 Å². The summed E-state index contributed by atoms with van der Waals surface area (Å²) in [5.41, 5.74) is 0.825. The molecule has 1 atom stereocenters. The normalized spacial score (nSPS) is 15.7. The average molecular weight is 409 g/mol. The summed E-state index contributed by atoms with van der Waals surface area (Å²) in [6.45, 7) is 3.87. The molecule has 0 spiro atoms. The highest BCUT2D eigenvalue weighted by atomic mass is 32.2. The van der Waals surface area contributed by atoms with Gasteiger partial charge < -0.3 is 20.1 Å². The molecule has 28 heavy (non-hydrogen) atoms. The highest BCUT2D eigenvalue weighted by Gasteiger charge is 2.22.